The molecule has 0 saturated carbocycles. The van der Waals surface area contributed by atoms with Crippen molar-refractivity contribution in [3.63, 3.8) is 0 Å². The van der Waals surface area contributed by atoms with Gasteiger partial charge >= 0.3 is 0 Å². The van der Waals surface area contributed by atoms with Gasteiger partial charge in [0.05, 0.1) is 24.4 Å². The molecule has 0 aliphatic rings. The summed E-state index contributed by atoms with van der Waals surface area (Å²) in [6.45, 7) is 2.17. The Kier molecular flexibility index (Phi) is 4.27. The monoisotopic (exact) mass is 344 g/mol. The Morgan fingerprint density at radius 2 is 1.73 bits per heavy atom. The van der Waals surface area contributed by atoms with Crippen molar-refractivity contribution in [1.82, 2.24) is 19.3 Å². The van der Waals surface area contributed by atoms with Crippen molar-refractivity contribution < 1.29 is 4.74 Å². The van der Waals surface area contributed by atoms with Gasteiger partial charge in [-0.05, 0) is 31.2 Å². The first-order valence-corrected chi connectivity index (χ1v) is 8.54. The molecule has 2 aromatic heterocycles. The molecule has 130 valence electrons. The lowest BCUT2D eigenvalue weighted by atomic mass is 10.0. The van der Waals surface area contributed by atoms with E-state index < -0.39 is 0 Å². The van der Waals surface area contributed by atoms with E-state index >= 15 is 0 Å². The number of hydrogen-bond acceptors (Lipinski definition) is 3. The maximum Gasteiger partial charge on any atom is 0.144 e. The van der Waals surface area contributed by atoms with E-state index in [0.717, 1.165) is 22.8 Å². The topological polar surface area (TPSA) is 44.9 Å². The number of ether oxygens (including phenoxy) is 1. The molecule has 5 nitrogen and oxygen atoms in total. The van der Waals surface area contributed by atoms with Crippen LogP contribution in [0.4, 0.5) is 0 Å². The SMILES string of the molecule is COc1ccccc1-c1nccn1[C@@H](C)c1ccccc1-n1cccn1. The van der Waals surface area contributed by atoms with Crippen molar-refractivity contribution in [2.24, 2.45) is 0 Å². The third kappa shape index (κ3) is 2.77. The van der Waals surface area contributed by atoms with Gasteiger partial charge in [-0.3, -0.25) is 0 Å². The Morgan fingerprint density at radius 3 is 2.54 bits per heavy atom. The van der Waals surface area contributed by atoms with Gasteiger partial charge in [0.25, 0.3) is 0 Å². The molecule has 2 heterocycles. The molecule has 0 N–H and O–H groups in total. The first kappa shape index (κ1) is 16.1. The molecular weight excluding hydrogens is 324 g/mol. The molecule has 2 aromatic carbocycles. The van der Waals surface area contributed by atoms with Crippen LogP contribution in [0.3, 0.4) is 0 Å². The predicted octanol–water partition coefficient (Wildman–Crippen LogP) is 4.35. The summed E-state index contributed by atoms with van der Waals surface area (Å²) in [7, 11) is 1.68. The molecule has 0 spiro atoms. The Labute approximate surface area is 152 Å². The largest absolute Gasteiger partial charge is 0.496 e. The summed E-state index contributed by atoms with van der Waals surface area (Å²) >= 11 is 0. The smallest absolute Gasteiger partial charge is 0.144 e. The van der Waals surface area contributed by atoms with Gasteiger partial charge < -0.3 is 9.30 Å². The molecule has 4 aromatic rings. The van der Waals surface area contributed by atoms with Gasteiger partial charge in [0, 0.05) is 30.4 Å². The molecule has 0 aliphatic carbocycles. The Hall–Kier alpha value is -3.34. The van der Waals surface area contributed by atoms with Crippen LogP contribution >= 0.6 is 0 Å². The zero-order valence-electron chi connectivity index (χ0n) is 14.8. The summed E-state index contributed by atoms with van der Waals surface area (Å²) in [5.41, 5.74) is 3.21. The van der Waals surface area contributed by atoms with Gasteiger partial charge in [0.1, 0.15) is 11.6 Å². The van der Waals surface area contributed by atoms with Gasteiger partial charge in [0.2, 0.25) is 0 Å². The average Bonchev–Trinajstić information content (AvgIpc) is 3.39. The van der Waals surface area contributed by atoms with E-state index in [1.807, 2.05) is 59.7 Å². The number of aromatic nitrogens is 4. The summed E-state index contributed by atoms with van der Waals surface area (Å²) < 4.78 is 9.59. The lowest BCUT2D eigenvalue weighted by Crippen LogP contribution is -2.11. The van der Waals surface area contributed by atoms with Gasteiger partial charge in [-0.15, -0.1) is 0 Å². The number of benzene rings is 2. The number of methoxy groups -OCH3 is 1. The zero-order valence-corrected chi connectivity index (χ0v) is 14.8. The second-order valence-electron chi connectivity index (χ2n) is 6.04. The summed E-state index contributed by atoms with van der Waals surface area (Å²) in [6.07, 6.45) is 7.58. The van der Waals surface area contributed by atoms with Crippen molar-refractivity contribution >= 4 is 0 Å². The Balaban J connectivity index is 1.81. The van der Waals surface area contributed by atoms with Crippen LogP contribution in [0.1, 0.15) is 18.5 Å². The van der Waals surface area contributed by atoms with Crippen LogP contribution in [0.15, 0.2) is 79.4 Å². The molecule has 0 amide bonds. The summed E-state index contributed by atoms with van der Waals surface area (Å²) in [6, 6.07) is 18.3. The lowest BCUT2D eigenvalue weighted by molar-refractivity contribution is 0.415. The van der Waals surface area contributed by atoms with Gasteiger partial charge in [-0.2, -0.15) is 5.10 Å². The summed E-state index contributed by atoms with van der Waals surface area (Å²) in [5.74, 6) is 1.69. The normalized spacial score (nSPS) is 12.1. The van der Waals surface area contributed by atoms with Crippen LogP contribution in [0, 0.1) is 0 Å². The summed E-state index contributed by atoms with van der Waals surface area (Å²) in [5, 5.41) is 4.39. The first-order chi connectivity index (χ1) is 12.8. The molecule has 0 unspecified atom stereocenters. The van der Waals surface area contributed by atoms with Crippen LogP contribution in [0.5, 0.6) is 5.75 Å². The average molecular weight is 344 g/mol. The van der Waals surface area contributed by atoms with Gasteiger partial charge in [-0.1, -0.05) is 30.3 Å². The van der Waals surface area contributed by atoms with E-state index in [9.17, 15) is 0 Å². The van der Waals surface area contributed by atoms with Crippen molar-refractivity contribution in [3.8, 4) is 22.8 Å². The van der Waals surface area contributed by atoms with Crippen LogP contribution in [-0.4, -0.2) is 26.4 Å². The Bertz CT molecular complexity index is 1000. The van der Waals surface area contributed by atoms with Crippen LogP contribution in [-0.2, 0) is 0 Å². The highest BCUT2D eigenvalue weighted by molar-refractivity contribution is 5.65. The minimum absolute atomic E-state index is 0.0813. The third-order valence-electron chi connectivity index (χ3n) is 4.57. The number of rotatable bonds is 5. The summed E-state index contributed by atoms with van der Waals surface area (Å²) in [4.78, 5) is 4.59. The minimum Gasteiger partial charge on any atom is -0.496 e. The van der Waals surface area contributed by atoms with Crippen molar-refractivity contribution in [1.29, 1.82) is 0 Å². The van der Waals surface area contributed by atoms with Gasteiger partial charge in [-0.25, -0.2) is 9.67 Å². The quantitative estimate of drug-likeness (QED) is 0.540. The number of imidazole rings is 1. The number of hydrogen-bond donors (Lipinski definition) is 0. The second kappa shape index (κ2) is 6.88. The molecule has 0 fully saturated rings. The molecule has 0 bridgehead atoms. The fourth-order valence-electron chi connectivity index (χ4n) is 3.27. The highest BCUT2D eigenvalue weighted by atomic mass is 16.5. The molecule has 5 heteroatoms. The third-order valence-corrected chi connectivity index (χ3v) is 4.57. The fraction of sp³-hybridized carbons (Fsp3) is 0.143. The number of para-hydroxylation sites is 2. The Morgan fingerprint density at radius 1 is 0.923 bits per heavy atom. The van der Waals surface area contributed by atoms with Crippen molar-refractivity contribution in [3.05, 3.63) is 84.9 Å². The van der Waals surface area contributed by atoms with Crippen LogP contribution in [0.2, 0.25) is 0 Å². The molecule has 1 atom stereocenters. The first-order valence-electron chi connectivity index (χ1n) is 8.54. The number of nitrogens with zero attached hydrogens (tertiary/aromatic N) is 4. The van der Waals surface area contributed by atoms with E-state index in [4.69, 9.17) is 4.74 Å². The van der Waals surface area contributed by atoms with Crippen molar-refractivity contribution in [2.45, 2.75) is 13.0 Å². The molecule has 0 saturated heterocycles. The van der Waals surface area contributed by atoms with E-state index in [1.165, 1.54) is 5.56 Å². The zero-order chi connectivity index (χ0) is 17.9. The van der Waals surface area contributed by atoms with E-state index in [-0.39, 0.29) is 6.04 Å². The molecule has 0 aliphatic heterocycles. The predicted molar refractivity (Wildman–Crippen MR) is 102 cm³/mol. The van der Waals surface area contributed by atoms with E-state index in [1.54, 1.807) is 13.3 Å². The fourth-order valence-corrected chi connectivity index (χ4v) is 3.27. The highest BCUT2D eigenvalue weighted by Gasteiger charge is 2.19. The van der Waals surface area contributed by atoms with E-state index in [2.05, 4.69) is 39.8 Å². The van der Waals surface area contributed by atoms with E-state index in [0.29, 0.717) is 0 Å². The van der Waals surface area contributed by atoms with Crippen LogP contribution in [0.25, 0.3) is 17.1 Å². The molecule has 0 radical (unpaired) electrons. The standard InChI is InChI=1S/C21H20N4O/c1-16(17-8-3-5-10-19(17)25-14-7-12-23-25)24-15-13-22-21(24)18-9-4-6-11-20(18)26-2/h3-16H,1-2H3/t16-/m0/s1. The maximum absolute atomic E-state index is 5.52. The van der Waals surface area contributed by atoms with Crippen molar-refractivity contribution in [2.75, 3.05) is 7.11 Å². The molecule has 26 heavy (non-hydrogen) atoms. The van der Waals surface area contributed by atoms with Gasteiger partial charge in [0.15, 0.2) is 0 Å². The lowest BCUT2D eigenvalue weighted by Gasteiger charge is -2.20. The van der Waals surface area contributed by atoms with Crippen LogP contribution < -0.4 is 4.74 Å². The molecular formula is C21H20N4O. The highest BCUT2D eigenvalue weighted by Crippen LogP contribution is 2.33. The molecule has 4 rings (SSSR count). The second-order valence-corrected chi connectivity index (χ2v) is 6.04. The maximum atomic E-state index is 5.52. The minimum atomic E-state index is 0.0813.